The standard InChI is InChI=1S/C10H15N5O2/c1-2-8-10(17)12-3-4-15(8)9(16)5-14-7-11-6-13-14/h6-8H,2-5H2,1H3,(H,12,17). The molecule has 0 spiro atoms. The highest BCUT2D eigenvalue weighted by Crippen LogP contribution is 2.09. The summed E-state index contributed by atoms with van der Waals surface area (Å²) in [6.07, 6.45) is 3.49. The zero-order chi connectivity index (χ0) is 12.3. The molecule has 0 aromatic carbocycles. The van der Waals surface area contributed by atoms with Crippen LogP contribution in [0.2, 0.25) is 0 Å². The zero-order valence-electron chi connectivity index (χ0n) is 9.67. The Morgan fingerprint density at radius 1 is 1.65 bits per heavy atom. The van der Waals surface area contributed by atoms with Gasteiger partial charge < -0.3 is 10.2 Å². The van der Waals surface area contributed by atoms with Crippen molar-refractivity contribution in [1.82, 2.24) is 25.0 Å². The van der Waals surface area contributed by atoms with E-state index in [9.17, 15) is 9.59 Å². The van der Waals surface area contributed by atoms with Crippen molar-refractivity contribution in [2.75, 3.05) is 13.1 Å². The van der Waals surface area contributed by atoms with Crippen LogP contribution in [0.3, 0.4) is 0 Å². The molecule has 1 aromatic rings. The second kappa shape index (κ2) is 4.94. The molecule has 0 saturated carbocycles. The first-order valence-electron chi connectivity index (χ1n) is 5.62. The Bertz CT molecular complexity index is 403. The van der Waals surface area contributed by atoms with Gasteiger partial charge in [0.15, 0.2) is 0 Å². The Morgan fingerprint density at radius 2 is 2.47 bits per heavy atom. The zero-order valence-corrected chi connectivity index (χ0v) is 9.67. The van der Waals surface area contributed by atoms with Crippen molar-refractivity contribution in [1.29, 1.82) is 0 Å². The van der Waals surface area contributed by atoms with Gasteiger partial charge in [-0.25, -0.2) is 9.67 Å². The topological polar surface area (TPSA) is 80.1 Å². The van der Waals surface area contributed by atoms with Gasteiger partial charge in [-0.2, -0.15) is 5.10 Å². The predicted octanol–water partition coefficient (Wildman–Crippen LogP) is -0.985. The summed E-state index contributed by atoms with van der Waals surface area (Å²) in [6, 6.07) is -0.361. The number of carbonyl (C=O) groups is 2. The minimum atomic E-state index is -0.361. The fourth-order valence-electron chi connectivity index (χ4n) is 1.96. The fraction of sp³-hybridized carbons (Fsp3) is 0.600. The third kappa shape index (κ3) is 2.43. The normalized spacial score (nSPS) is 20.2. The summed E-state index contributed by atoms with van der Waals surface area (Å²) in [6.45, 7) is 3.09. The molecule has 2 heterocycles. The van der Waals surface area contributed by atoms with Crippen LogP contribution in [0.15, 0.2) is 12.7 Å². The maximum absolute atomic E-state index is 12.0. The van der Waals surface area contributed by atoms with Gasteiger partial charge in [0.2, 0.25) is 11.8 Å². The van der Waals surface area contributed by atoms with Crippen molar-refractivity contribution >= 4 is 11.8 Å². The van der Waals surface area contributed by atoms with E-state index in [0.29, 0.717) is 19.5 Å². The van der Waals surface area contributed by atoms with E-state index >= 15 is 0 Å². The van der Waals surface area contributed by atoms with Crippen LogP contribution in [-0.2, 0) is 16.1 Å². The van der Waals surface area contributed by atoms with Gasteiger partial charge in [0.25, 0.3) is 0 Å². The second-order valence-corrected chi connectivity index (χ2v) is 3.90. The van der Waals surface area contributed by atoms with Crippen LogP contribution in [0, 0.1) is 0 Å². The quantitative estimate of drug-likeness (QED) is 0.732. The van der Waals surface area contributed by atoms with E-state index in [2.05, 4.69) is 15.4 Å². The lowest BCUT2D eigenvalue weighted by molar-refractivity contribution is -0.143. The van der Waals surface area contributed by atoms with E-state index in [1.165, 1.54) is 17.3 Å². The van der Waals surface area contributed by atoms with Gasteiger partial charge in [-0.1, -0.05) is 6.92 Å². The number of amides is 2. The molecule has 1 aromatic heterocycles. The van der Waals surface area contributed by atoms with Crippen LogP contribution in [0.1, 0.15) is 13.3 Å². The Balaban J connectivity index is 2.04. The molecule has 17 heavy (non-hydrogen) atoms. The average molecular weight is 237 g/mol. The molecule has 2 amide bonds. The lowest BCUT2D eigenvalue weighted by atomic mass is 10.1. The smallest absolute Gasteiger partial charge is 0.245 e. The van der Waals surface area contributed by atoms with Crippen molar-refractivity contribution in [2.45, 2.75) is 25.9 Å². The Labute approximate surface area is 98.8 Å². The molecule has 1 aliphatic rings. The molecule has 0 radical (unpaired) electrons. The molecule has 1 fully saturated rings. The van der Waals surface area contributed by atoms with Crippen molar-refractivity contribution in [3.05, 3.63) is 12.7 Å². The average Bonchev–Trinajstić information content (AvgIpc) is 2.81. The molecule has 92 valence electrons. The number of nitrogens with one attached hydrogen (secondary N) is 1. The third-order valence-corrected chi connectivity index (χ3v) is 2.80. The monoisotopic (exact) mass is 237 g/mol. The number of nitrogens with zero attached hydrogens (tertiary/aromatic N) is 4. The summed E-state index contributed by atoms with van der Waals surface area (Å²) in [4.78, 5) is 29.0. The maximum Gasteiger partial charge on any atom is 0.245 e. The van der Waals surface area contributed by atoms with Gasteiger partial charge >= 0.3 is 0 Å². The number of rotatable bonds is 3. The molecule has 1 N–H and O–H groups in total. The van der Waals surface area contributed by atoms with Gasteiger partial charge in [0, 0.05) is 13.1 Å². The second-order valence-electron chi connectivity index (χ2n) is 3.90. The highest BCUT2D eigenvalue weighted by Gasteiger charge is 2.31. The van der Waals surface area contributed by atoms with Gasteiger partial charge in [-0.3, -0.25) is 9.59 Å². The van der Waals surface area contributed by atoms with Gasteiger partial charge in [0.1, 0.15) is 25.2 Å². The number of carbonyl (C=O) groups excluding carboxylic acids is 2. The molecular weight excluding hydrogens is 222 g/mol. The first-order valence-corrected chi connectivity index (χ1v) is 5.62. The maximum atomic E-state index is 12.0. The van der Waals surface area contributed by atoms with E-state index in [-0.39, 0.29) is 24.4 Å². The van der Waals surface area contributed by atoms with Crippen LogP contribution < -0.4 is 5.32 Å². The Hall–Kier alpha value is -1.92. The van der Waals surface area contributed by atoms with Crippen LogP contribution in [0.25, 0.3) is 0 Å². The lowest BCUT2D eigenvalue weighted by Gasteiger charge is -2.34. The molecule has 0 aliphatic carbocycles. The summed E-state index contributed by atoms with van der Waals surface area (Å²) >= 11 is 0. The van der Waals surface area contributed by atoms with E-state index in [4.69, 9.17) is 0 Å². The molecule has 2 rings (SSSR count). The largest absolute Gasteiger partial charge is 0.353 e. The minimum Gasteiger partial charge on any atom is -0.353 e. The SMILES string of the molecule is CCC1C(=O)NCCN1C(=O)Cn1cncn1. The first kappa shape index (κ1) is 11.6. The van der Waals surface area contributed by atoms with E-state index in [0.717, 1.165) is 0 Å². The van der Waals surface area contributed by atoms with Gasteiger partial charge in [0.05, 0.1) is 0 Å². The summed E-state index contributed by atoms with van der Waals surface area (Å²) in [5.74, 6) is -0.178. The molecule has 7 heteroatoms. The summed E-state index contributed by atoms with van der Waals surface area (Å²) < 4.78 is 1.46. The van der Waals surface area contributed by atoms with Crippen molar-refractivity contribution in [3.8, 4) is 0 Å². The molecule has 0 bridgehead atoms. The Morgan fingerprint density at radius 3 is 3.12 bits per heavy atom. The fourth-order valence-corrected chi connectivity index (χ4v) is 1.96. The highest BCUT2D eigenvalue weighted by atomic mass is 16.2. The molecule has 1 unspecified atom stereocenters. The van der Waals surface area contributed by atoms with Crippen molar-refractivity contribution < 1.29 is 9.59 Å². The van der Waals surface area contributed by atoms with Crippen LogP contribution in [0.5, 0.6) is 0 Å². The van der Waals surface area contributed by atoms with E-state index < -0.39 is 0 Å². The molecule has 1 atom stereocenters. The molecule has 1 saturated heterocycles. The first-order chi connectivity index (χ1) is 8.22. The Kier molecular flexibility index (Phi) is 3.36. The van der Waals surface area contributed by atoms with Crippen LogP contribution in [0.4, 0.5) is 0 Å². The van der Waals surface area contributed by atoms with Crippen LogP contribution >= 0.6 is 0 Å². The summed E-state index contributed by atoms with van der Waals surface area (Å²) in [5, 5.41) is 6.64. The van der Waals surface area contributed by atoms with Gasteiger partial charge in [-0.05, 0) is 6.42 Å². The lowest BCUT2D eigenvalue weighted by Crippen LogP contribution is -2.57. The number of hydrogen-bond donors (Lipinski definition) is 1. The minimum absolute atomic E-state index is 0.0781. The van der Waals surface area contributed by atoms with E-state index in [1.54, 1.807) is 4.90 Å². The molecule has 7 nitrogen and oxygen atoms in total. The summed E-state index contributed by atoms with van der Waals surface area (Å²) in [5.41, 5.74) is 0. The molecule has 1 aliphatic heterocycles. The summed E-state index contributed by atoms with van der Waals surface area (Å²) in [7, 11) is 0. The van der Waals surface area contributed by atoms with Gasteiger partial charge in [-0.15, -0.1) is 0 Å². The highest BCUT2D eigenvalue weighted by molar-refractivity contribution is 5.88. The predicted molar refractivity (Wildman–Crippen MR) is 58.8 cm³/mol. The third-order valence-electron chi connectivity index (χ3n) is 2.80. The molecular formula is C10H15N5O2. The van der Waals surface area contributed by atoms with Crippen LogP contribution in [-0.4, -0.2) is 50.6 Å². The number of hydrogen-bond acceptors (Lipinski definition) is 4. The number of piperazine rings is 1. The van der Waals surface area contributed by atoms with E-state index in [1.807, 2.05) is 6.92 Å². The van der Waals surface area contributed by atoms with Crippen molar-refractivity contribution in [2.24, 2.45) is 0 Å². The number of aromatic nitrogens is 3. The van der Waals surface area contributed by atoms with Crippen molar-refractivity contribution in [3.63, 3.8) is 0 Å².